The Morgan fingerprint density at radius 2 is 1.20 bits per heavy atom. The van der Waals surface area contributed by atoms with Gasteiger partial charge in [0.15, 0.2) is 34.5 Å². The molecule has 3 aliphatic carbocycles. The summed E-state index contributed by atoms with van der Waals surface area (Å²) in [4.78, 5) is 4.65. The Hall–Kier alpha value is -5.28. The number of fused-ring (bicyclic) bond motifs is 7. The Bertz CT molecular complexity index is 2210. The smallest absolute Gasteiger partial charge is 0.193 e. The van der Waals surface area contributed by atoms with Gasteiger partial charge in [-0.05, 0) is 81.0 Å². The number of hydrogen-bond donors (Lipinski definition) is 2. The summed E-state index contributed by atoms with van der Waals surface area (Å²) in [5.41, 5.74) is 8.95. The fraction of sp³-hybridized carbons (Fsp3) is 0.391. The van der Waals surface area contributed by atoms with Crippen LogP contribution in [0.15, 0.2) is 62.8 Å². The van der Waals surface area contributed by atoms with Crippen molar-refractivity contribution < 1.29 is 19.7 Å². The minimum absolute atomic E-state index is 0.0872. The van der Waals surface area contributed by atoms with Gasteiger partial charge >= 0.3 is 0 Å². The quantitative estimate of drug-likeness (QED) is 0.110. The van der Waals surface area contributed by atoms with Crippen LogP contribution in [0.4, 0.5) is 0 Å². The topological polar surface area (TPSA) is 113 Å². The zero-order valence-electron chi connectivity index (χ0n) is 32.2. The average molecular weight is 723 g/mol. The third-order valence-corrected chi connectivity index (χ3v) is 12.1. The molecule has 0 saturated carbocycles. The van der Waals surface area contributed by atoms with E-state index >= 15 is 0 Å². The zero-order chi connectivity index (χ0) is 38.9. The van der Waals surface area contributed by atoms with Crippen LogP contribution in [0.3, 0.4) is 0 Å². The van der Waals surface area contributed by atoms with Gasteiger partial charge in [0.25, 0.3) is 0 Å². The minimum atomic E-state index is -0.716. The maximum Gasteiger partial charge on any atom is 0.193 e. The van der Waals surface area contributed by atoms with Gasteiger partial charge in [-0.1, -0.05) is 65.0 Å². The molecule has 1 spiro atoms. The van der Waals surface area contributed by atoms with Crippen molar-refractivity contribution in [1.82, 2.24) is 9.80 Å². The van der Waals surface area contributed by atoms with Crippen molar-refractivity contribution in [3.05, 3.63) is 118 Å². The Kier molecular flexibility index (Phi) is 9.08. The molecule has 3 aromatic carbocycles. The number of phenols is 2. The van der Waals surface area contributed by atoms with E-state index in [-0.39, 0.29) is 33.5 Å². The van der Waals surface area contributed by atoms with E-state index in [1.54, 1.807) is 0 Å². The molecule has 2 unspecified atom stereocenters. The monoisotopic (exact) mass is 722 g/mol. The summed E-state index contributed by atoms with van der Waals surface area (Å²) in [7, 11) is 0. The number of phenolic OH excluding ortho intramolecular Hbond substituents is 2. The van der Waals surface area contributed by atoms with Crippen LogP contribution >= 0.6 is 0 Å². The lowest BCUT2D eigenvalue weighted by atomic mass is 9.67. The van der Waals surface area contributed by atoms with Crippen molar-refractivity contribution >= 4 is 0 Å². The molecular formula is C46H50N4O4. The maximum absolute atomic E-state index is 10.9. The predicted octanol–water partition coefficient (Wildman–Crippen LogP) is 9.40. The lowest BCUT2D eigenvalue weighted by Crippen LogP contribution is -2.33. The van der Waals surface area contributed by atoms with Crippen molar-refractivity contribution in [2.24, 2.45) is 0 Å². The van der Waals surface area contributed by atoms with E-state index in [1.165, 1.54) is 33.4 Å². The van der Waals surface area contributed by atoms with Crippen molar-refractivity contribution in [1.29, 1.82) is 10.5 Å². The van der Waals surface area contributed by atoms with Crippen LogP contribution in [0, 0.1) is 22.7 Å². The van der Waals surface area contributed by atoms with Crippen LogP contribution in [-0.2, 0) is 35.8 Å². The highest BCUT2D eigenvalue weighted by Crippen LogP contribution is 2.68. The average Bonchev–Trinajstić information content (AvgIpc) is 3.46. The Morgan fingerprint density at radius 3 is 1.69 bits per heavy atom. The molecule has 1 heterocycles. The number of hydrogen-bond acceptors (Lipinski definition) is 8. The third-order valence-electron chi connectivity index (χ3n) is 12.1. The molecule has 2 atom stereocenters. The summed E-state index contributed by atoms with van der Waals surface area (Å²) in [6.45, 7) is 31.9. The highest BCUT2D eigenvalue weighted by Gasteiger charge is 2.60. The van der Waals surface area contributed by atoms with Crippen LogP contribution in [0.25, 0.3) is 0 Å². The third kappa shape index (κ3) is 5.38. The Balaban J connectivity index is 1.57. The molecule has 0 radical (unpaired) electrons. The summed E-state index contributed by atoms with van der Waals surface area (Å²) >= 11 is 0. The first-order chi connectivity index (χ1) is 25.7. The molecule has 0 fully saturated rings. The van der Waals surface area contributed by atoms with Gasteiger partial charge in [-0.15, -0.1) is 26.3 Å². The first kappa shape index (κ1) is 37.1. The fourth-order valence-corrected chi connectivity index (χ4v) is 10.4. The van der Waals surface area contributed by atoms with E-state index in [9.17, 15) is 20.7 Å². The van der Waals surface area contributed by atoms with E-state index in [4.69, 9.17) is 9.47 Å². The van der Waals surface area contributed by atoms with Crippen LogP contribution in [0.1, 0.15) is 109 Å². The van der Waals surface area contributed by atoms with Gasteiger partial charge in [0.2, 0.25) is 0 Å². The van der Waals surface area contributed by atoms with Crippen molar-refractivity contribution in [3.8, 4) is 46.6 Å². The summed E-state index contributed by atoms with van der Waals surface area (Å²) in [5, 5.41) is 41.9. The number of rotatable bonds is 12. The highest BCUT2D eigenvalue weighted by molar-refractivity contribution is 5.78. The summed E-state index contributed by atoms with van der Waals surface area (Å²) in [6.07, 6.45) is 10.5. The molecule has 0 aromatic heterocycles. The SMILES string of the molecule is C=CCN(CC=C)Cc1c2c(cc3c1C1(CC3(C)C)CC(C)(C)c3cc4c(c(CN(CC=C)CC=C)c31)C(C)C4)Oc1c(C#N)c(O)c(O)c(C#N)c1O2. The lowest BCUT2D eigenvalue weighted by Gasteiger charge is -2.39. The second-order valence-corrected chi connectivity index (χ2v) is 16.8. The molecular weight excluding hydrogens is 673 g/mol. The van der Waals surface area contributed by atoms with Crippen LogP contribution in [0.2, 0.25) is 0 Å². The van der Waals surface area contributed by atoms with E-state index in [0.29, 0.717) is 37.1 Å². The summed E-state index contributed by atoms with van der Waals surface area (Å²) < 4.78 is 13.3. The second-order valence-electron chi connectivity index (χ2n) is 16.8. The molecule has 8 heteroatoms. The number of aromatic hydroxyl groups is 2. The molecule has 54 heavy (non-hydrogen) atoms. The maximum atomic E-state index is 10.9. The molecule has 0 amide bonds. The van der Waals surface area contributed by atoms with Gasteiger partial charge < -0.3 is 19.7 Å². The van der Waals surface area contributed by atoms with E-state index in [1.807, 2.05) is 42.5 Å². The largest absolute Gasteiger partial charge is 0.503 e. The van der Waals surface area contributed by atoms with Gasteiger partial charge in [-0.25, -0.2) is 0 Å². The zero-order valence-corrected chi connectivity index (χ0v) is 32.2. The van der Waals surface area contributed by atoms with Crippen LogP contribution in [-0.4, -0.2) is 46.2 Å². The summed E-state index contributed by atoms with van der Waals surface area (Å²) in [5.74, 6) is -0.326. The van der Waals surface area contributed by atoms with Crippen molar-refractivity contribution in [3.63, 3.8) is 0 Å². The first-order valence-corrected chi connectivity index (χ1v) is 18.8. The van der Waals surface area contributed by atoms with Gasteiger partial charge in [-0.3, -0.25) is 9.80 Å². The molecule has 0 bridgehead atoms. The fourth-order valence-electron chi connectivity index (χ4n) is 10.4. The predicted molar refractivity (Wildman–Crippen MR) is 212 cm³/mol. The molecule has 7 rings (SSSR count). The summed E-state index contributed by atoms with van der Waals surface area (Å²) in [6, 6.07) is 8.45. The van der Waals surface area contributed by atoms with Crippen molar-refractivity contribution in [2.75, 3.05) is 26.2 Å². The Morgan fingerprint density at radius 1 is 0.741 bits per heavy atom. The molecule has 3 aromatic rings. The first-order valence-electron chi connectivity index (χ1n) is 18.8. The minimum Gasteiger partial charge on any atom is -0.503 e. The van der Waals surface area contributed by atoms with Crippen molar-refractivity contribution in [2.45, 2.75) is 89.1 Å². The second kappa shape index (κ2) is 13.2. The van der Waals surface area contributed by atoms with Gasteiger partial charge in [0, 0.05) is 50.2 Å². The molecule has 8 nitrogen and oxygen atoms in total. The number of ether oxygens (including phenoxy) is 2. The van der Waals surface area contributed by atoms with Crippen LogP contribution in [0.5, 0.6) is 34.5 Å². The van der Waals surface area contributed by atoms with E-state index in [0.717, 1.165) is 50.0 Å². The standard InChI is InChI=1S/C46H50N4O4/c1-10-14-49(15-11-2)23-31-36-27(5)18-28(36)19-33-37(31)46(25-44(33,6)7)26-45(8,9)34-20-35-41(32(38(34)46)24-50(16-12-3)17-13-4)54-43-30(22-48)40(52)39(51)29(21-47)42(43)53-35/h10-13,19-20,27,51-52H,1-4,14-18,23-26H2,5-9H3. The lowest BCUT2D eigenvalue weighted by molar-refractivity contribution is 0.300. The van der Waals surface area contributed by atoms with Gasteiger partial charge in [0.05, 0.1) is 0 Å². The molecule has 4 aliphatic rings. The number of nitriles is 2. The van der Waals surface area contributed by atoms with E-state index in [2.05, 4.69) is 76.8 Å². The van der Waals surface area contributed by atoms with E-state index < -0.39 is 16.9 Å². The normalized spacial score (nSPS) is 20.3. The number of nitrogens with zero attached hydrogens (tertiary/aromatic N) is 4. The molecule has 0 saturated heterocycles. The number of benzene rings is 3. The molecule has 1 aliphatic heterocycles. The van der Waals surface area contributed by atoms with Gasteiger partial charge in [0.1, 0.15) is 23.3 Å². The molecule has 2 N–H and O–H groups in total. The van der Waals surface area contributed by atoms with Gasteiger partial charge in [-0.2, -0.15) is 10.5 Å². The Labute approximate surface area is 319 Å². The molecule has 278 valence electrons. The van der Waals surface area contributed by atoms with Crippen LogP contribution < -0.4 is 9.47 Å². The highest BCUT2D eigenvalue weighted by atomic mass is 16.6.